The van der Waals surface area contributed by atoms with E-state index in [0.29, 0.717) is 24.7 Å². The van der Waals surface area contributed by atoms with Crippen LogP contribution < -0.4 is 9.47 Å². The van der Waals surface area contributed by atoms with Crippen molar-refractivity contribution in [3.05, 3.63) is 71.1 Å². The van der Waals surface area contributed by atoms with E-state index < -0.39 is 0 Å². The van der Waals surface area contributed by atoms with Crippen molar-refractivity contribution in [3.63, 3.8) is 0 Å². The van der Waals surface area contributed by atoms with Gasteiger partial charge in [0.15, 0.2) is 11.5 Å². The van der Waals surface area contributed by atoms with Gasteiger partial charge in [-0.05, 0) is 23.8 Å². The predicted molar refractivity (Wildman–Crippen MR) is 74.1 cm³/mol. The van der Waals surface area contributed by atoms with Crippen LogP contribution in [0.25, 0.3) is 4.85 Å². The maximum atomic E-state index is 6.87. The smallest absolute Gasteiger partial charge is 0.239 e. The average molecular weight is 253 g/mol. The quantitative estimate of drug-likeness (QED) is 0.758. The van der Waals surface area contributed by atoms with Crippen LogP contribution in [0.3, 0.4) is 0 Å². The molecule has 0 spiro atoms. The highest BCUT2D eigenvalue weighted by Gasteiger charge is 2.07. The van der Waals surface area contributed by atoms with Gasteiger partial charge in [0, 0.05) is 5.56 Å². The van der Waals surface area contributed by atoms with E-state index in [2.05, 4.69) is 4.85 Å². The Bertz CT molecular complexity index is 573. The molecule has 96 valence electrons. The maximum Gasteiger partial charge on any atom is 0.239 e. The number of methoxy groups -OCH3 is 1. The molecule has 0 amide bonds. The molecular weight excluding hydrogens is 238 g/mol. The summed E-state index contributed by atoms with van der Waals surface area (Å²) in [5.41, 5.74) is 2.04. The van der Waals surface area contributed by atoms with Gasteiger partial charge in [-0.3, -0.25) is 0 Å². The van der Waals surface area contributed by atoms with Crippen molar-refractivity contribution in [2.24, 2.45) is 0 Å². The number of rotatable bonds is 5. The summed E-state index contributed by atoms with van der Waals surface area (Å²) in [6, 6.07) is 15.5. The number of hydrogen-bond donors (Lipinski definition) is 0. The highest BCUT2D eigenvalue weighted by atomic mass is 16.5. The molecule has 19 heavy (non-hydrogen) atoms. The highest BCUT2D eigenvalue weighted by molar-refractivity contribution is 5.43. The summed E-state index contributed by atoms with van der Waals surface area (Å²) in [7, 11) is 1.60. The normalized spacial score (nSPS) is 9.68. The average Bonchev–Trinajstić information content (AvgIpc) is 2.47. The van der Waals surface area contributed by atoms with Gasteiger partial charge in [-0.2, -0.15) is 0 Å². The molecular formula is C16H15NO2. The van der Waals surface area contributed by atoms with Crippen LogP contribution in [0.5, 0.6) is 11.5 Å². The number of benzene rings is 2. The lowest BCUT2D eigenvalue weighted by Crippen LogP contribution is -1.98. The van der Waals surface area contributed by atoms with Crippen molar-refractivity contribution in [1.82, 2.24) is 0 Å². The largest absolute Gasteiger partial charge is 0.493 e. The molecule has 0 aliphatic rings. The standard InChI is InChI=1S/C16H15NO2/c1-17-11-14-8-9-15(16(10-14)18-2)19-12-13-6-4-3-5-7-13/h3-10H,11-12H2,2H3. The third-order valence-corrected chi connectivity index (χ3v) is 2.73. The second-order valence-corrected chi connectivity index (χ2v) is 4.08. The topological polar surface area (TPSA) is 22.8 Å². The van der Waals surface area contributed by atoms with E-state index in [0.717, 1.165) is 11.1 Å². The molecule has 2 aromatic carbocycles. The number of ether oxygens (including phenoxy) is 2. The molecule has 2 aromatic rings. The molecule has 3 nitrogen and oxygen atoms in total. The van der Waals surface area contributed by atoms with E-state index in [-0.39, 0.29) is 0 Å². The fourth-order valence-corrected chi connectivity index (χ4v) is 1.76. The van der Waals surface area contributed by atoms with Crippen LogP contribution in [0.15, 0.2) is 48.5 Å². The molecule has 0 heterocycles. The lowest BCUT2D eigenvalue weighted by Gasteiger charge is -2.11. The van der Waals surface area contributed by atoms with Gasteiger partial charge in [0.25, 0.3) is 0 Å². The molecule has 0 bridgehead atoms. The first-order chi connectivity index (χ1) is 9.33. The third kappa shape index (κ3) is 3.49. The first-order valence-corrected chi connectivity index (χ1v) is 6.00. The molecule has 0 aromatic heterocycles. The summed E-state index contributed by atoms with van der Waals surface area (Å²) >= 11 is 0. The van der Waals surface area contributed by atoms with Crippen LogP contribution in [0.2, 0.25) is 0 Å². The van der Waals surface area contributed by atoms with Crippen molar-refractivity contribution in [1.29, 1.82) is 0 Å². The van der Waals surface area contributed by atoms with Crippen LogP contribution >= 0.6 is 0 Å². The maximum absolute atomic E-state index is 6.87. The zero-order chi connectivity index (χ0) is 13.5. The fraction of sp³-hybridized carbons (Fsp3) is 0.188. The van der Waals surface area contributed by atoms with Gasteiger partial charge in [0.1, 0.15) is 6.61 Å². The Morgan fingerprint density at radius 2 is 1.79 bits per heavy atom. The van der Waals surface area contributed by atoms with Gasteiger partial charge in [-0.25, -0.2) is 6.57 Å². The molecule has 0 aliphatic carbocycles. The first-order valence-electron chi connectivity index (χ1n) is 6.00. The molecule has 0 saturated heterocycles. The Morgan fingerprint density at radius 3 is 2.47 bits per heavy atom. The molecule has 0 saturated carbocycles. The van der Waals surface area contributed by atoms with Gasteiger partial charge in [-0.1, -0.05) is 30.3 Å². The second kappa shape index (κ2) is 6.46. The van der Waals surface area contributed by atoms with Crippen LogP contribution in [0.1, 0.15) is 11.1 Å². The minimum absolute atomic E-state index is 0.356. The summed E-state index contributed by atoms with van der Waals surface area (Å²) in [6.45, 7) is 7.72. The lowest BCUT2D eigenvalue weighted by atomic mass is 10.2. The van der Waals surface area contributed by atoms with Crippen LogP contribution in [-0.2, 0) is 13.2 Å². The van der Waals surface area contributed by atoms with Gasteiger partial charge >= 0.3 is 0 Å². The van der Waals surface area contributed by atoms with Crippen molar-refractivity contribution in [3.8, 4) is 11.5 Å². The lowest BCUT2D eigenvalue weighted by molar-refractivity contribution is 0.284. The molecule has 0 unspecified atom stereocenters. The summed E-state index contributed by atoms with van der Waals surface area (Å²) < 4.78 is 11.0. The van der Waals surface area contributed by atoms with Crippen LogP contribution in [-0.4, -0.2) is 7.11 Å². The minimum Gasteiger partial charge on any atom is -0.493 e. The Hall–Kier alpha value is -2.47. The summed E-state index contributed by atoms with van der Waals surface area (Å²) in [5, 5.41) is 0. The highest BCUT2D eigenvalue weighted by Crippen LogP contribution is 2.29. The molecule has 0 radical (unpaired) electrons. The van der Waals surface area contributed by atoms with Crippen molar-refractivity contribution in [2.45, 2.75) is 13.2 Å². The van der Waals surface area contributed by atoms with E-state index in [4.69, 9.17) is 16.0 Å². The zero-order valence-corrected chi connectivity index (χ0v) is 10.8. The molecule has 0 atom stereocenters. The van der Waals surface area contributed by atoms with Gasteiger partial charge in [0.05, 0.1) is 7.11 Å². The van der Waals surface area contributed by atoms with Gasteiger partial charge in [0.2, 0.25) is 6.54 Å². The van der Waals surface area contributed by atoms with E-state index in [1.165, 1.54) is 0 Å². The Kier molecular flexibility index (Phi) is 4.41. The summed E-state index contributed by atoms with van der Waals surface area (Å²) in [5.74, 6) is 1.36. The van der Waals surface area contributed by atoms with Crippen molar-refractivity contribution < 1.29 is 9.47 Å². The number of nitrogens with zero attached hydrogens (tertiary/aromatic N) is 1. The molecule has 3 heteroatoms. The van der Waals surface area contributed by atoms with Gasteiger partial charge < -0.3 is 14.3 Å². The monoisotopic (exact) mass is 253 g/mol. The third-order valence-electron chi connectivity index (χ3n) is 2.73. The van der Waals surface area contributed by atoms with E-state index in [1.807, 2.05) is 48.5 Å². The summed E-state index contributed by atoms with van der Waals surface area (Å²) in [4.78, 5) is 3.36. The van der Waals surface area contributed by atoms with Crippen molar-refractivity contribution in [2.75, 3.05) is 7.11 Å². The van der Waals surface area contributed by atoms with Crippen molar-refractivity contribution >= 4 is 0 Å². The predicted octanol–water partition coefficient (Wildman–Crippen LogP) is 3.69. The zero-order valence-electron chi connectivity index (χ0n) is 10.8. The van der Waals surface area contributed by atoms with E-state index in [9.17, 15) is 0 Å². The molecule has 2 rings (SSSR count). The second-order valence-electron chi connectivity index (χ2n) is 4.08. The molecule has 0 N–H and O–H groups in total. The van der Waals surface area contributed by atoms with Crippen LogP contribution in [0.4, 0.5) is 0 Å². The first kappa shape index (κ1) is 13.0. The van der Waals surface area contributed by atoms with E-state index in [1.54, 1.807) is 7.11 Å². The van der Waals surface area contributed by atoms with E-state index >= 15 is 0 Å². The minimum atomic E-state index is 0.356. The molecule has 0 fully saturated rings. The Labute approximate surface area is 113 Å². The van der Waals surface area contributed by atoms with Gasteiger partial charge in [-0.15, -0.1) is 0 Å². The SMILES string of the molecule is [C-]#[N+]Cc1ccc(OCc2ccccc2)c(OC)c1. The number of hydrogen-bond acceptors (Lipinski definition) is 2. The van der Waals surface area contributed by atoms with Crippen LogP contribution in [0, 0.1) is 6.57 Å². The Balaban J connectivity index is 2.10. The summed E-state index contributed by atoms with van der Waals surface area (Å²) in [6.07, 6.45) is 0. The molecule has 0 aliphatic heterocycles. The fourth-order valence-electron chi connectivity index (χ4n) is 1.76. The Morgan fingerprint density at radius 1 is 1.00 bits per heavy atom.